The van der Waals surface area contributed by atoms with Crippen molar-refractivity contribution in [1.29, 1.82) is 0 Å². The van der Waals surface area contributed by atoms with Crippen LogP contribution in [0.1, 0.15) is 271 Å². The van der Waals surface area contributed by atoms with E-state index in [2.05, 4.69) is 160 Å². The third-order valence-electron chi connectivity index (χ3n) is 13.7. The molecule has 0 aromatic heterocycles. The van der Waals surface area contributed by atoms with Crippen LogP contribution in [0.4, 0.5) is 0 Å². The fourth-order valence-electron chi connectivity index (χ4n) is 8.88. The summed E-state index contributed by atoms with van der Waals surface area (Å²) in [5.74, 6) is -0.836. The van der Waals surface area contributed by atoms with Crippen LogP contribution in [0.15, 0.2) is 146 Å². The molecule has 0 aromatic rings. The molecule has 2 atom stereocenters. The maximum Gasteiger partial charge on any atom is 0.472 e. The summed E-state index contributed by atoms with van der Waals surface area (Å²) < 4.78 is 33.2. The number of carbonyl (C=O) groups is 2. The molecule has 3 N–H and O–H groups in total. The highest BCUT2D eigenvalue weighted by Gasteiger charge is 2.26. The first-order chi connectivity index (χ1) is 40.8. The molecule has 0 spiro atoms. The van der Waals surface area contributed by atoms with Crippen LogP contribution in [-0.4, -0.2) is 49.3 Å². The third kappa shape index (κ3) is 66.9. The largest absolute Gasteiger partial charge is 0.472 e. The molecular weight excluding hydrogens is 1050 g/mol. The van der Waals surface area contributed by atoms with Gasteiger partial charge < -0.3 is 20.1 Å². The number of allylic oxidation sites excluding steroid dienone is 24. The highest BCUT2D eigenvalue weighted by molar-refractivity contribution is 7.47. The van der Waals surface area contributed by atoms with Gasteiger partial charge in [-0.05, 0) is 116 Å². The van der Waals surface area contributed by atoms with E-state index in [1.165, 1.54) is 109 Å². The number of hydrogen-bond acceptors (Lipinski definition) is 8. The van der Waals surface area contributed by atoms with E-state index < -0.39 is 26.5 Å². The Morgan fingerprint density at radius 1 is 0.361 bits per heavy atom. The molecule has 10 heteroatoms. The van der Waals surface area contributed by atoms with Crippen LogP contribution in [0, 0.1) is 0 Å². The van der Waals surface area contributed by atoms with Gasteiger partial charge in [0.1, 0.15) is 6.61 Å². The molecule has 472 valence electrons. The van der Waals surface area contributed by atoms with E-state index in [9.17, 15) is 19.0 Å². The molecule has 83 heavy (non-hydrogen) atoms. The number of esters is 2. The minimum Gasteiger partial charge on any atom is -0.462 e. The molecular formula is C73H122NO8P. The number of nitrogens with two attached hydrogens (primary N) is 1. The van der Waals surface area contributed by atoms with Crippen molar-refractivity contribution >= 4 is 19.8 Å². The van der Waals surface area contributed by atoms with Gasteiger partial charge in [0.2, 0.25) is 0 Å². The topological polar surface area (TPSA) is 134 Å². The van der Waals surface area contributed by atoms with Gasteiger partial charge in [0.25, 0.3) is 0 Å². The Bertz CT molecular complexity index is 1870. The van der Waals surface area contributed by atoms with Gasteiger partial charge in [-0.3, -0.25) is 18.6 Å². The average molecular weight is 1170 g/mol. The molecule has 2 unspecified atom stereocenters. The second-order valence-electron chi connectivity index (χ2n) is 21.6. The van der Waals surface area contributed by atoms with E-state index in [1.54, 1.807) is 0 Å². The summed E-state index contributed by atoms with van der Waals surface area (Å²) in [6, 6.07) is 0. The quantitative estimate of drug-likeness (QED) is 0.0264. The second-order valence-corrected chi connectivity index (χ2v) is 23.0. The molecule has 0 bridgehead atoms. The number of phosphoric ester groups is 1. The fraction of sp³-hybridized carbons (Fsp3) is 0.644. The number of unbranched alkanes of at least 4 members (excludes halogenated alkanes) is 24. The summed E-state index contributed by atoms with van der Waals surface area (Å²) in [4.78, 5) is 35.3. The Hall–Kier alpha value is -4.11. The Labute approximate surface area is 509 Å². The Morgan fingerprint density at radius 2 is 0.627 bits per heavy atom. The highest BCUT2D eigenvalue weighted by atomic mass is 31.2. The monoisotopic (exact) mass is 1170 g/mol. The van der Waals surface area contributed by atoms with E-state index in [1.807, 2.05) is 0 Å². The normalized spacial score (nSPS) is 13.9. The average Bonchev–Trinajstić information content (AvgIpc) is 3.49. The number of carbonyl (C=O) groups excluding carboxylic acids is 2. The standard InChI is InChI=1S/C73H122NO8P/c1-3-5-7-9-11-13-15-17-19-21-23-25-27-29-31-33-34-35-36-38-40-42-44-46-48-50-52-54-56-58-60-62-64-66-73(76)82-71(70-81-83(77,78)80-68-67-74)69-79-72(75)65-63-61-59-57-55-53-51-49-47-45-43-41-39-37-32-30-28-26-24-22-20-18-16-14-12-10-8-6-4-2/h5-8,11-14,17-20,23-26,29-32,34-35,39,41,71H,3-4,9-10,15-16,21-22,27-28,33,36-38,40,42-70,74H2,1-2H3,(H,77,78)/b7-5-,8-6-,13-11-,14-12-,19-17-,20-18-,25-23-,26-24-,31-29-,32-30-,35-34-,41-39-. The van der Waals surface area contributed by atoms with Crippen LogP contribution in [0.3, 0.4) is 0 Å². The number of ether oxygens (including phenoxy) is 2. The van der Waals surface area contributed by atoms with Gasteiger partial charge in [-0.2, -0.15) is 0 Å². The molecule has 9 nitrogen and oxygen atoms in total. The zero-order chi connectivity index (χ0) is 60.1. The smallest absolute Gasteiger partial charge is 0.462 e. The van der Waals surface area contributed by atoms with Gasteiger partial charge in [-0.25, -0.2) is 4.57 Å². The second kappa shape index (κ2) is 67.0. The summed E-state index contributed by atoms with van der Waals surface area (Å²) in [7, 11) is -4.40. The Balaban J connectivity index is 3.95. The van der Waals surface area contributed by atoms with Gasteiger partial charge in [-0.1, -0.05) is 288 Å². The molecule has 0 radical (unpaired) electrons. The minimum atomic E-state index is -4.40. The van der Waals surface area contributed by atoms with Crippen LogP contribution < -0.4 is 5.73 Å². The van der Waals surface area contributed by atoms with Crippen LogP contribution in [0.2, 0.25) is 0 Å². The van der Waals surface area contributed by atoms with Crippen molar-refractivity contribution in [2.45, 2.75) is 277 Å². The maximum atomic E-state index is 12.8. The van der Waals surface area contributed by atoms with E-state index >= 15 is 0 Å². The van der Waals surface area contributed by atoms with Gasteiger partial charge in [0, 0.05) is 19.4 Å². The lowest BCUT2D eigenvalue weighted by Gasteiger charge is -2.19. The Kier molecular flexibility index (Phi) is 63.7. The van der Waals surface area contributed by atoms with Gasteiger partial charge in [-0.15, -0.1) is 0 Å². The molecule has 0 aliphatic carbocycles. The molecule has 0 aromatic carbocycles. The van der Waals surface area contributed by atoms with E-state index in [4.69, 9.17) is 24.3 Å². The summed E-state index contributed by atoms with van der Waals surface area (Å²) >= 11 is 0. The summed E-state index contributed by atoms with van der Waals surface area (Å²) in [6.07, 6.45) is 96.3. The molecule has 0 fully saturated rings. The van der Waals surface area contributed by atoms with E-state index in [0.717, 1.165) is 128 Å². The van der Waals surface area contributed by atoms with Crippen molar-refractivity contribution in [2.75, 3.05) is 26.4 Å². The maximum absolute atomic E-state index is 12.8. The van der Waals surface area contributed by atoms with Crippen molar-refractivity contribution in [3.63, 3.8) is 0 Å². The van der Waals surface area contributed by atoms with Gasteiger partial charge in [0.05, 0.1) is 13.2 Å². The molecule has 0 aliphatic heterocycles. The number of phosphoric acid groups is 1. The Morgan fingerprint density at radius 3 is 0.928 bits per heavy atom. The zero-order valence-corrected chi connectivity index (χ0v) is 53.8. The van der Waals surface area contributed by atoms with Crippen molar-refractivity contribution < 1.29 is 37.6 Å². The first-order valence-electron chi connectivity index (χ1n) is 33.3. The summed E-state index contributed by atoms with van der Waals surface area (Å²) in [6.45, 7) is 3.52. The first kappa shape index (κ1) is 78.9. The first-order valence-corrected chi connectivity index (χ1v) is 34.8. The van der Waals surface area contributed by atoms with Crippen LogP contribution in [-0.2, 0) is 32.7 Å². The van der Waals surface area contributed by atoms with Gasteiger partial charge >= 0.3 is 19.8 Å². The van der Waals surface area contributed by atoms with Crippen LogP contribution >= 0.6 is 7.82 Å². The lowest BCUT2D eigenvalue weighted by molar-refractivity contribution is -0.161. The zero-order valence-electron chi connectivity index (χ0n) is 52.9. The third-order valence-corrected chi connectivity index (χ3v) is 14.7. The molecule has 0 saturated carbocycles. The highest BCUT2D eigenvalue weighted by Crippen LogP contribution is 2.43. The van der Waals surface area contributed by atoms with E-state index in [0.29, 0.717) is 6.42 Å². The summed E-state index contributed by atoms with van der Waals surface area (Å²) in [5.41, 5.74) is 5.40. The predicted octanol–water partition coefficient (Wildman–Crippen LogP) is 21.9. The number of rotatable bonds is 61. The van der Waals surface area contributed by atoms with Crippen molar-refractivity contribution in [3.05, 3.63) is 146 Å². The predicted molar refractivity (Wildman–Crippen MR) is 357 cm³/mol. The molecule has 0 amide bonds. The SMILES string of the molecule is CC/C=C\C/C=C\C/C=C\C/C=C\C/C=C\C/C=C\CCCCCCCCCCCCCCCCC(=O)OC(COC(=O)CCCCCCCCCCCC/C=C\C/C=C\C/C=C\C/C=C\C/C=C\C/C=C\CC)COP(=O)(O)OCCN. The van der Waals surface area contributed by atoms with Crippen molar-refractivity contribution in [1.82, 2.24) is 0 Å². The molecule has 0 rings (SSSR count). The van der Waals surface area contributed by atoms with Gasteiger partial charge in [0.15, 0.2) is 6.10 Å². The lowest BCUT2D eigenvalue weighted by atomic mass is 10.0. The minimum absolute atomic E-state index is 0.0465. The fourth-order valence-corrected chi connectivity index (χ4v) is 9.64. The lowest BCUT2D eigenvalue weighted by Crippen LogP contribution is -2.29. The molecule has 0 heterocycles. The van der Waals surface area contributed by atoms with Crippen LogP contribution in [0.5, 0.6) is 0 Å². The summed E-state index contributed by atoms with van der Waals surface area (Å²) in [5, 5.41) is 0. The van der Waals surface area contributed by atoms with Crippen LogP contribution in [0.25, 0.3) is 0 Å². The molecule has 0 aliphatic rings. The molecule has 0 saturated heterocycles. The van der Waals surface area contributed by atoms with Crippen molar-refractivity contribution in [3.8, 4) is 0 Å². The number of hydrogen-bond donors (Lipinski definition) is 2. The van der Waals surface area contributed by atoms with Crippen molar-refractivity contribution in [2.24, 2.45) is 5.73 Å². The van der Waals surface area contributed by atoms with E-state index in [-0.39, 0.29) is 38.6 Å².